The van der Waals surface area contributed by atoms with Gasteiger partial charge in [0.15, 0.2) is 0 Å². The molecule has 3 heterocycles. The van der Waals surface area contributed by atoms with Crippen LogP contribution >= 0.6 is 0 Å². The van der Waals surface area contributed by atoms with Crippen molar-refractivity contribution >= 4 is 11.6 Å². The number of halogens is 3. The van der Waals surface area contributed by atoms with Crippen molar-refractivity contribution in [1.29, 1.82) is 0 Å². The monoisotopic (exact) mass is 387 g/mol. The van der Waals surface area contributed by atoms with Crippen LogP contribution in [0.4, 0.5) is 13.2 Å². The Bertz CT molecular complexity index is 966. The molecule has 0 radical (unpaired) electrons. The summed E-state index contributed by atoms with van der Waals surface area (Å²) in [4.78, 5) is 23.5. The summed E-state index contributed by atoms with van der Waals surface area (Å²) in [6.45, 7) is 2.55. The first-order valence-electron chi connectivity index (χ1n) is 9.19. The van der Waals surface area contributed by atoms with Gasteiger partial charge in [0, 0.05) is 19.3 Å². The van der Waals surface area contributed by atoms with Gasteiger partial charge in [-0.15, -0.1) is 0 Å². The fourth-order valence-corrected chi connectivity index (χ4v) is 3.97. The van der Waals surface area contributed by atoms with Gasteiger partial charge in [-0.25, -0.2) is 0 Å². The quantitative estimate of drug-likeness (QED) is 0.773. The lowest BCUT2D eigenvalue weighted by molar-refractivity contribution is -0.137. The summed E-state index contributed by atoms with van der Waals surface area (Å²) >= 11 is 0. The molecule has 0 saturated carbocycles. The maximum atomic E-state index is 12.8. The molecule has 1 saturated heterocycles. The predicted octanol–water partition coefficient (Wildman–Crippen LogP) is 4.26. The molecule has 146 valence electrons. The summed E-state index contributed by atoms with van der Waals surface area (Å²) < 4.78 is 38.4. The van der Waals surface area contributed by atoms with Crippen LogP contribution in [0, 0.1) is 6.92 Å². The minimum absolute atomic E-state index is 0.0538. The van der Waals surface area contributed by atoms with Crippen molar-refractivity contribution in [1.82, 2.24) is 9.88 Å². The Balaban J connectivity index is 1.68. The van der Waals surface area contributed by atoms with Crippen LogP contribution in [0.5, 0.6) is 0 Å². The van der Waals surface area contributed by atoms with Crippen LogP contribution in [0.25, 0.3) is 11.1 Å². The first-order chi connectivity index (χ1) is 13.2. The molecule has 1 aromatic carbocycles. The van der Waals surface area contributed by atoms with Crippen LogP contribution in [0.2, 0.25) is 0 Å². The first-order valence-corrected chi connectivity index (χ1v) is 9.19. The van der Waals surface area contributed by atoms with Gasteiger partial charge in [0.05, 0.1) is 17.0 Å². The zero-order valence-corrected chi connectivity index (χ0v) is 15.7. The molecule has 0 bridgehead atoms. The number of aromatic nitrogens is 1. The van der Waals surface area contributed by atoms with Gasteiger partial charge in [-0.1, -0.05) is 12.1 Å². The molecule has 1 fully saturated rings. The second kappa shape index (κ2) is 6.43. The van der Waals surface area contributed by atoms with Crippen molar-refractivity contribution < 1.29 is 18.0 Å². The van der Waals surface area contributed by atoms with Crippen LogP contribution in [0.15, 0.2) is 41.4 Å². The maximum absolute atomic E-state index is 12.8. The highest BCUT2D eigenvalue weighted by molar-refractivity contribution is 6.05. The lowest BCUT2D eigenvalue weighted by atomic mass is 9.95. The van der Waals surface area contributed by atoms with Gasteiger partial charge >= 0.3 is 6.18 Å². The Morgan fingerprint density at radius 2 is 1.79 bits per heavy atom. The van der Waals surface area contributed by atoms with Gasteiger partial charge in [0.25, 0.3) is 0 Å². The molecule has 4 rings (SSSR count). The second-order valence-electron chi connectivity index (χ2n) is 7.52. The predicted molar refractivity (Wildman–Crippen MR) is 100 cm³/mol. The number of alkyl halides is 3. The highest BCUT2D eigenvalue weighted by Gasteiger charge is 2.48. The average molecular weight is 387 g/mol. The van der Waals surface area contributed by atoms with Crippen LogP contribution < -0.4 is 0 Å². The van der Waals surface area contributed by atoms with E-state index in [-0.39, 0.29) is 5.91 Å². The largest absolute Gasteiger partial charge is 0.416 e. The van der Waals surface area contributed by atoms with E-state index >= 15 is 0 Å². The number of likely N-dealkylation sites (tertiary alicyclic amines) is 1. The number of carbonyl (C=O) groups excluding carboxylic acids is 1. The third-order valence-corrected chi connectivity index (χ3v) is 5.52. The Labute approximate surface area is 161 Å². The van der Waals surface area contributed by atoms with Crippen molar-refractivity contribution in [3.63, 3.8) is 0 Å². The number of likely N-dealkylation sites (N-methyl/N-ethyl adjacent to an activating group) is 1. The highest BCUT2D eigenvalue weighted by Crippen LogP contribution is 2.37. The molecule has 4 nitrogen and oxygen atoms in total. The van der Waals surface area contributed by atoms with Crippen LogP contribution in [0.1, 0.15) is 36.2 Å². The Hall–Kier alpha value is -2.70. The Kier molecular flexibility index (Phi) is 4.28. The topological polar surface area (TPSA) is 45.6 Å². The summed E-state index contributed by atoms with van der Waals surface area (Å²) in [7, 11) is 1.79. The van der Waals surface area contributed by atoms with Gasteiger partial charge in [0.2, 0.25) is 5.91 Å². The van der Waals surface area contributed by atoms with Crippen LogP contribution in [-0.4, -0.2) is 40.6 Å². The fraction of sp³-hybridized carbons (Fsp3) is 0.381. The van der Waals surface area contributed by atoms with Gasteiger partial charge < -0.3 is 4.90 Å². The lowest BCUT2D eigenvalue weighted by Gasteiger charge is -2.17. The summed E-state index contributed by atoms with van der Waals surface area (Å²) in [5, 5.41) is 0. The van der Waals surface area contributed by atoms with Gasteiger partial charge in [-0.3, -0.25) is 14.8 Å². The molecule has 1 atom stereocenters. The number of hydrogen-bond donors (Lipinski definition) is 0. The molecule has 2 aliphatic rings. The van der Waals surface area contributed by atoms with E-state index < -0.39 is 17.3 Å². The van der Waals surface area contributed by atoms with E-state index in [0.717, 1.165) is 29.1 Å². The minimum Gasteiger partial charge on any atom is -0.344 e. The zero-order chi connectivity index (χ0) is 20.1. The fourth-order valence-electron chi connectivity index (χ4n) is 3.97. The number of benzene rings is 1. The zero-order valence-electron chi connectivity index (χ0n) is 15.7. The standard InChI is InChI=1S/C21H20F3N3O/c1-13-11-15(14-3-5-16(6-4-14)21(22,23)24)12-18(25-13)17-7-8-20(26-17)9-10-27(2)19(20)28/h3-6,11-12H,7-10H2,1-2H3/t20-/m1/s1. The lowest BCUT2D eigenvalue weighted by Crippen LogP contribution is -2.35. The number of carbonyl (C=O) groups is 1. The first kappa shape index (κ1) is 18.7. The third-order valence-electron chi connectivity index (χ3n) is 5.52. The molecule has 2 aromatic rings. The molecule has 0 aliphatic carbocycles. The molecular weight excluding hydrogens is 367 g/mol. The van der Waals surface area contributed by atoms with Crippen molar-refractivity contribution in [3.8, 4) is 11.1 Å². The summed E-state index contributed by atoms with van der Waals surface area (Å²) in [5.41, 5.74) is 2.37. The summed E-state index contributed by atoms with van der Waals surface area (Å²) in [6.07, 6.45) is -2.30. The number of aliphatic imine (C=N–C) groups is 1. The van der Waals surface area contributed by atoms with E-state index in [1.807, 2.05) is 19.1 Å². The number of hydrogen-bond acceptors (Lipinski definition) is 3. The molecule has 0 N–H and O–H groups in total. The smallest absolute Gasteiger partial charge is 0.344 e. The van der Waals surface area contributed by atoms with E-state index in [4.69, 9.17) is 4.99 Å². The van der Waals surface area contributed by atoms with Gasteiger partial charge in [-0.05, 0) is 61.6 Å². The van der Waals surface area contributed by atoms with Gasteiger partial charge in [0.1, 0.15) is 5.54 Å². The van der Waals surface area contributed by atoms with Crippen LogP contribution in [-0.2, 0) is 11.0 Å². The molecule has 0 unspecified atom stereocenters. The highest BCUT2D eigenvalue weighted by atomic mass is 19.4. The minimum atomic E-state index is -4.36. The molecule has 1 amide bonds. The van der Waals surface area contributed by atoms with E-state index in [0.29, 0.717) is 37.1 Å². The van der Waals surface area contributed by atoms with Crippen molar-refractivity contribution in [2.24, 2.45) is 4.99 Å². The van der Waals surface area contributed by atoms with Gasteiger partial charge in [-0.2, -0.15) is 13.2 Å². The van der Waals surface area contributed by atoms with Crippen molar-refractivity contribution in [3.05, 3.63) is 53.3 Å². The van der Waals surface area contributed by atoms with E-state index in [9.17, 15) is 18.0 Å². The summed E-state index contributed by atoms with van der Waals surface area (Å²) in [5.74, 6) is 0.0538. The number of aryl methyl sites for hydroxylation is 1. The molecule has 7 heteroatoms. The Morgan fingerprint density at radius 1 is 1.07 bits per heavy atom. The normalized spacial score (nSPS) is 22.2. The SMILES string of the molecule is Cc1cc(-c2ccc(C(F)(F)F)cc2)cc(C2=N[C@]3(CC2)CCN(C)C3=O)n1. The summed E-state index contributed by atoms with van der Waals surface area (Å²) in [6, 6.07) is 8.78. The van der Waals surface area contributed by atoms with Crippen molar-refractivity contribution in [2.75, 3.05) is 13.6 Å². The molecule has 28 heavy (non-hydrogen) atoms. The van der Waals surface area contributed by atoms with Crippen molar-refractivity contribution in [2.45, 2.75) is 37.9 Å². The van der Waals surface area contributed by atoms with E-state index in [2.05, 4.69) is 4.98 Å². The van der Waals surface area contributed by atoms with Crippen LogP contribution in [0.3, 0.4) is 0 Å². The van der Waals surface area contributed by atoms with E-state index in [1.165, 1.54) is 12.1 Å². The number of rotatable bonds is 2. The number of pyridine rings is 1. The molecule has 2 aliphatic heterocycles. The maximum Gasteiger partial charge on any atom is 0.416 e. The number of amides is 1. The van der Waals surface area contributed by atoms with E-state index in [1.54, 1.807) is 11.9 Å². The molecular formula is C21H20F3N3O. The number of nitrogens with zero attached hydrogens (tertiary/aromatic N) is 3. The molecule has 1 aromatic heterocycles. The third kappa shape index (κ3) is 3.19. The molecule has 1 spiro atoms. The second-order valence-corrected chi connectivity index (χ2v) is 7.52. The average Bonchev–Trinajstić information content (AvgIpc) is 3.21. The Morgan fingerprint density at radius 3 is 2.39 bits per heavy atom.